The van der Waals surface area contributed by atoms with E-state index in [1.165, 1.54) is 25.1 Å². The zero-order valence-corrected chi connectivity index (χ0v) is 15.1. The predicted molar refractivity (Wildman–Crippen MR) is 95.5 cm³/mol. The quantitative estimate of drug-likeness (QED) is 0.810. The van der Waals surface area contributed by atoms with Crippen molar-refractivity contribution in [2.75, 3.05) is 10.1 Å². The highest BCUT2D eigenvalue weighted by molar-refractivity contribution is 7.92. The van der Waals surface area contributed by atoms with Gasteiger partial charge in [0.1, 0.15) is 0 Å². The van der Waals surface area contributed by atoms with Crippen LogP contribution in [0.1, 0.15) is 22.8 Å². The van der Waals surface area contributed by atoms with Crippen LogP contribution in [0.5, 0.6) is 0 Å². The molecule has 2 aromatic carbocycles. The van der Waals surface area contributed by atoms with Gasteiger partial charge in [-0.2, -0.15) is 0 Å². The SMILES string of the molecule is CCS(=O)(=O)N(Cc1ccc(Cl)cc1Cl)c1ccccc1C(=O)O. The number of para-hydroxylation sites is 1. The Morgan fingerprint density at radius 3 is 2.42 bits per heavy atom. The molecule has 0 atom stereocenters. The van der Waals surface area contributed by atoms with Crippen molar-refractivity contribution in [3.8, 4) is 0 Å². The summed E-state index contributed by atoms with van der Waals surface area (Å²) in [5.41, 5.74) is 0.524. The number of anilines is 1. The highest BCUT2D eigenvalue weighted by Crippen LogP contribution is 2.29. The molecule has 0 radical (unpaired) electrons. The number of hydrogen-bond donors (Lipinski definition) is 1. The summed E-state index contributed by atoms with van der Waals surface area (Å²) in [7, 11) is -3.72. The van der Waals surface area contributed by atoms with Gasteiger partial charge < -0.3 is 5.11 Å². The summed E-state index contributed by atoms with van der Waals surface area (Å²) in [6.07, 6.45) is 0. The summed E-state index contributed by atoms with van der Waals surface area (Å²) in [6, 6.07) is 10.7. The van der Waals surface area contributed by atoms with Crippen LogP contribution in [0, 0.1) is 0 Å². The summed E-state index contributed by atoms with van der Waals surface area (Å²) >= 11 is 12.0. The molecule has 0 spiro atoms. The van der Waals surface area contributed by atoms with E-state index in [0.717, 1.165) is 4.31 Å². The van der Waals surface area contributed by atoms with Crippen LogP contribution >= 0.6 is 23.2 Å². The van der Waals surface area contributed by atoms with Gasteiger partial charge in [-0.25, -0.2) is 13.2 Å². The lowest BCUT2D eigenvalue weighted by Gasteiger charge is -2.25. The van der Waals surface area contributed by atoms with Crippen LogP contribution in [0.2, 0.25) is 10.0 Å². The minimum Gasteiger partial charge on any atom is -0.478 e. The summed E-state index contributed by atoms with van der Waals surface area (Å²) in [5.74, 6) is -1.38. The molecule has 0 saturated carbocycles. The van der Waals surface area contributed by atoms with Gasteiger partial charge in [0.2, 0.25) is 10.0 Å². The molecule has 0 aliphatic heterocycles. The van der Waals surface area contributed by atoms with E-state index in [2.05, 4.69) is 0 Å². The predicted octanol–water partition coefficient (Wildman–Crippen LogP) is 4.05. The molecular formula is C16H15Cl2NO4S. The lowest BCUT2D eigenvalue weighted by atomic mass is 10.1. The number of sulfonamides is 1. The van der Waals surface area contributed by atoms with Crippen LogP contribution < -0.4 is 4.31 Å². The first-order chi connectivity index (χ1) is 11.3. The minimum absolute atomic E-state index is 0.0868. The van der Waals surface area contributed by atoms with Crippen LogP contribution in [0.15, 0.2) is 42.5 Å². The minimum atomic E-state index is -3.72. The number of nitrogens with zero attached hydrogens (tertiary/aromatic N) is 1. The fraction of sp³-hybridized carbons (Fsp3) is 0.188. The maximum absolute atomic E-state index is 12.5. The molecule has 0 aliphatic carbocycles. The van der Waals surface area contributed by atoms with Gasteiger partial charge in [-0.3, -0.25) is 4.31 Å². The molecule has 24 heavy (non-hydrogen) atoms. The maximum atomic E-state index is 12.5. The summed E-state index contributed by atoms with van der Waals surface area (Å²) in [6.45, 7) is 1.41. The van der Waals surface area contributed by atoms with Gasteiger partial charge in [-0.1, -0.05) is 41.4 Å². The number of benzene rings is 2. The van der Waals surface area contributed by atoms with Crippen molar-refractivity contribution in [3.63, 3.8) is 0 Å². The zero-order chi connectivity index (χ0) is 17.9. The van der Waals surface area contributed by atoms with E-state index in [0.29, 0.717) is 15.6 Å². The average molecular weight is 388 g/mol. The second kappa shape index (κ2) is 7.42. The van der Waals surface area contributed by atoms with Crippen molar-refractivity contribution in [1.82, 2.24) is 0 Å². The third kappa shape index (κ3) is 4.01. The molecule has 0 bridgehead atoms. The molecule has 0 unspecified atom stereocenters. The number of aromatic carboxylic acids is 1. The summed E-state index contributed by atoms with van der Waals surface area (Å²) < 4.78 is 26.1. The summed E-state index contributed by atoms with van der Waals surface area (Å²) in [4.78, 5) is 11.4. The van der Waals surface area contributed by atoms with Gasteiger partial charge in [0.25, 0.3) is 0 Å². The third-order valence-corrected chi connectivity index (χ3v) is 5.75. The highest BCUT2D eigenvalue weighted by atomic mass is 35.5. The van der Waals surface area contributed by atoms with Gasteiger partial charge in [0.15, 0.2) is 0 Å². The number of hydrogen-bond acceptors (Lipinski definition) is 3. The Morgan fingerprint density at radius 1 is 1.17 bits per heavy atom. The van der Waals surface area contributed by atoms with E-state index in [1.807, 2.05) is 0 Å². The van der Waals surface area contributed by atoms with Crippen LogP contribution in [0.3, 0.4) is 0 Å². The molecule has 5 nitrogen and oxygen atoms in total. The molecule has 2 rings (SSSR count). The molecule has 2 aromatic rings. The summed E-state index contributed by atoms with van der Waals surface area (Å²) in [5, 5.41) is 10.1. The number of halogens is 2. The topological polar surface area (TPSA) is 74.7 Å². The normalized spacial score (nSPS) is 11.3. The van der Waals surface area contributed by atoms with Gasteiger partial charge in [-0.15, -0.1) is 0 Å². The fourth-order valence-electron chi connectivity index (χ4n) is 2.17. The standard InChI is InChI=1S/C16H15Cl2NO4S/c1-2-24(22,23)19(10-11-7-8-12(17)9-14(11)18)15-6-4-3-5-13(15)16(20)21/h3-9H,2,10H2,1H3,(H,20,21). The van der Waals surface area contributed by atoms with Gasteiger partial charge in [0.05, 0.1) is 23.5 Å². The van der Waals surface area contributed by atoms with E-state index in [-0.39, 0.29) is 23.5 Å². The molecule has 0 saturated heterocycles. The van der Waals surface area contributed by atoms with Gasteiger partial charge in [0, 0.05) is 10.0 Å². The molecule has 128 valence electrons. The Labute approximate surface area is 150 Å². The van der Waals surface area contributed by atoms with Crippen molar-refractivity contribution >= 4 is 44.9 Å². The maximum Gasteiger partial charge on any atom is 0.337 e. The van der Waals surface area contributed by atoms with E-state index in [9.17, 15) is 18.3 Å². The Bertz CT molecular complexity index is 868. The van der Waals surface area contributed by atoms with Crippen molar-refractivity contribution in [3.05, 3.63) is 63.6 Å². The number of carbonyl (C=O) groups is 1. The molecule has 1 N–H and O–H groups in total. The molecule has 0 amide bonds. The number of carboxylic acids is 1. The lowest BCUT2D eigenvalue weighted by molar-refractivity contribution is 0.0697. The molecular weight excluding hydrogens is 373 g/mol. The van der Waals surface area contributed by atoms with Crippen LogP contribution in [0.25, 0.3) is 0 Å². The number of rotatable bonds is 6. The van der Waals surface area contributed by atoms with Gasteiger partial charge in [-0.05, 0) is 36.8 Å². The van der Waals surface area contributed by atoms with E-state index in [4.69, 9.17) is 23.2 Å². The highest BCUT2D eigenvalue weighted by Gasteiger charge is 2.26. The van der Waals surface area contributed by atoms with Gasteiger partial charge >= 0.3 is 5.97 Å². The molecule has 0 aliphatic rings. The molecule has 0 fully saturated rings. The molecule has 0 heterocycles. The van der Waals surface area contributed by atoms with E-state index < -0.39 is 16.0 Å². The van der Waals surface area contributed by atoms with E-state index in [1.54, 1.807) is 24.3 Å². The van der Waals surface area contributed by atoms with Crippen molar-refractivity contribution in [1.29, 1.82) is 0 Å². The fourth-order valence-corrected chi connectivity index (χ4v) is 3.74. The first-order valence-corrected chi connectivity index (χ1v) is 9.39. The second-order valence-corrected chi connectivity index (χ2v) is 7.99. The van der Waals surface area contributed by atoms with Crippen molar-refractivity contribution < 1.29 is 18.3 Å². The first kappa shape index (κ1) is 18.6. The molecule has 8 heteroatoms. The van der Waals surface area contributed by atoms with E-state index >= 15 is 0 Å². The Balaban J connectivity index is 2.57. The monoisotopic (exact) mass is 387 g/mol. The van der Waals surface area contributed by atoms with Crippen molar-refractivity contribution in [2.24, 2.45) is 0 Å². The van der Waals surface area contributed by atoms with Crippen LogP contribution in [0.4, 0.5) is 5.69 Å². The zero-order valence-electron chi connectivity index (χ0n) is 12.7. The lowest BCUT2D eigenvalue weighted by Crippen LogP contribution is -2.33. The smallest absolute Gasteiger partial charge is 0.337 e. The van der Waals surface area contributed by atoms with Crippen molar-refractivity contribution in [2.45, 2.75) is 13.5 Å². The Kier molecular flexibility index (Phi) is 5.74. The second-order valence-electron chi connectivity index (χ2n) is 4.97. The Morgan fingerprint density at radius 2 is 1.83 bits per heavy atom. The molecule has 0 aromatic heterocycles. The largest absolute Gasteiger partial charge is 0.478 e. The third-order valence-electron chi connectivity index (χ3n) is 3.43. The van der Waals surface area contributed by atoms with Crippen LogP contribution in [-0.2, 0) is 16.6 Å². The number of carboxylic acid groups (broad SMARTS) is 1. The Hall–Kier alpha value is -1.76. The van der Waals surface area contributed by atoms with Crippen LogP contribution in [-0.4, -0.2) is 25.2 Å². The first-order valence-electron chi connectivity index (χ1n) is 7.03. The average Bonchev–Trinajstić information content (AvgIpc) is 2.54.